The minimum absolute atomic E-state index is 0.0138. The van der Waals surface area contributed by atoms with Crippen LogP contribution in [0.2, 0.25) is 0 Å². The molecule has 20 heavy (non-hydrogen) atoms. The van der Waals surface area contributed by atoms with Gasteiger partial charge < -0.3 is 10.4 Å². The van der Waals surface area contributed by atoms with E-state index in [1.165, 1.54) is 5.56 Å². The average molecular weight is 275 g/mol. The van der Waals surface area contributed by atoms with Crippen LogP contribution in [0, 0.1) is 11.8 Å². The van der Waals surface area contributed by atoms with Gasteiger partial charge in [0, 0.05) is 6.04 Å². The average Bonchev–Trinajstić information content (AvgIpc) is 2.89. The summed E-state index contributed by atoms with van der Waals surface area (Å²) in [5, 5.41) is 12.1. The second kappa shape index (κ2) is 6.55. The Kier molecular flexibility index (Phi) is 4.77. The lowest BCUT2D eigenvalue weighted by molar-refractivity contribution is -0.146. The molecule has 1 aromatic carbocycles. The predicted molar refractivity (Wildman–Crippen MR) is 76.2 cm³/mol. The van der Waals surface area contributed by atoms with Crippen LogP contribution >= 0.6 is 0 Å². The van der Waals surface area contributed by atoms with Crippen molar-refractivity contribution in [2.45, 2.75) is 38.6 Å². The number of hydrogen-bond donors (Lipinski definition) is 2. The Morgan fingerprint density at radius 2 is 1.90 bits per heavy atom. The molecule has 3 atom stereocenters. The molecule has 1 fully saturated rings. The maximum Gasteiger partial charge on any atom is 0.307 e. The zero-order valence-corrected chi connectivity index (χ0v) is 11.7. The number of aliphatic carboxylic acids is 1. The number of rotatable bonds is 5. The van der Waals surface area contributed by atoms with Gasteiger partial charge in [0.15, 0.2) is 0 Å². The minimum atomic E-state index is -0.849. The number of carbonyl (C=O) groups is 2. The highest BCUT2D eigenvalue weighted by molar-refractivity contribution is 5.85. The molecule has 1 aliphatic carbocycles. The van der Waals surface area contributed by atoms with Gasteiger partial charge in [-0.1, -0.05) is 36.8 Å². The number of carbonyl (C=O) groups excluding carboxylic acids is 1. The molecule has 0 spiro atoms. The number of amides is 1. The molecule has 3 unspecified atom stereocenters. The maximum atomic E-state index is 12.2. The molecule has 1 aromatic rings. The Balaban J connectivity index is 1.89. The summed E-state index contributed by atoms with van der Waals surface area (Å²) in [5.74, 6) is -1.85. The molecule has 108 valence electrons. The third-order valence-corrected chi connectivity index (χ3v) is 3.94. The molecule has 0 aromatic heterocycles. The van der Waals surface area contributed by atoms with Crippen LogP contribution in [0.5, 0.6) is 0 Å². The smallest absolute Gasteiger partial charge is 0.307 e. The SMILES string of the molecule is CC(Cc1ccccc1)NC(=O)C1CCCC1C(=O)O. The van der Waals surface area contributed by atoms with Crippen molar-refractivity contribution in [1.82, 2.24) is 5.32 Å². The Bertz CT molecular complexity index is 472. The highest BCUT2D eigenvalue weighted by atomic mass is 16.4. The van der Waals surface area contributed by atoms with E-state index in [4.69, 9.17) is 5.11 Å². The van der Waals surface area contributed by atoms with Gasteiger partial charge in [0.25, 0.3) is 0 Å². The zero-order chi connectivity index (χ0) is 14.5. The molecule has 4 nitrogen and oxygen atoms in total. The molecule has 0 radical (unpaired) electrons. The molecule has 0 saturated heterocycles. The topological polar surface area (TPSA) is 66.4 Å². The fourth-order valence-electron chi connectivity index (χ4n) is 2.94. The molecule has 4 heteroatoms. The van der Waals surface area contributed by atoms with Gasteiger partial charge in [0.1, 0.15) is 0 Å². The summed E-state index contributed by atoms with van der Waals surface area (Å²) in [4.78, 5) is 23.3. The van der Waals surface area contributed by atoms with Crippen molar-refractivity contribution in [1.29, 1.82) is 0 Å². The Labute approximate surface area is 119 Å². The summed E-state index contributed by atoms with van der Waals surface area (Å²) in [6, 6.07) is 9.97. The first kappa shape index (κ1) is 14.6. The van der Waals surface area contributed by atoms with Crippen molar-refractivity contribution < 1.29 is 14.7 Å². The van der Waals surface area contributed by atoms with Crippen molar-refractivity contribution in [3.05, 3.63) is 35.9 Å². The monoisotopic (exact) mass is 275 g/mol. The summed E-state index contributed by atoms with van der Waals surface area (Å²) >= 11 is 0. The summed E-state index contributed by atoms with van der Waals surface area (Å²) in [7, 11) is 0. The highest BCUT2D eigenvalue weighted by Crippen LogP contribution is 2.32. The van der Waals surface area contributed by atoms with E-state index < -0.39 is 11.9 Å². The summed E-state index contributed by atoms with van der Waals surface area (Å²) in [6.07, 6.45) is 2.88. The second-order valence-corrected chi connectivity index (χ2v) is 5.58. The van der Waals surface area contributed by atoms with E-state index >= 15 is 0 Å². The van der Waals surface area contributed by atoms with Crippen molar-refractivity contribution >= 4 is 11.9 Å². The molecule has 1 aliphatic rings. The van der Waals surface area contributed by atoms with E-state index in [2.05, 4.69) is 5.32 Å². The maximum absolute atomic E-state index is 12.2. The van der Waals surface area contributed by atoms with Gasteiger partial charge in [-0.2, -0.15) is 0 Å². The van der Waals surface area contributed by atoms with Crippen molar-refractivity contribution in [2.24, 2.45) is 11.8 Å². The predicted octanol–water partition coefficient (Wildman–Crippen LogP) is 2.23. The second-order valence-electron chi connectivity index (χ2n) is 5.58. The van der Waals surface area contributed by atoms with Crippen LogP contribution in [0.15, 0.2) is 30.3 Å². The van der Waals surface area contributed by atoms with Gasteiger partial charge in [-0.15, -0.1) is 0 Å². The van der Waals surface area contributed by atoms with Crippen molar-refractivity contribution in [2.75, 3.05) is 0 Å². The number of nitrogens with one attached hydrogen (secondary N) is 1. The van der Waals surface area contributed by atoms with Gasteiger partial charge in [0.05, 0.1) is 11.8 Å². The van der Waals surface area contributed by atoms with E-state index in [1.54, 1.807) is 0 Å². The Hall–Kier alpha value is -1.84. The summed E-state index contributed by atoms with van der Waals surface area (Å²) < 4.78 is 0. The number of carboxylic acid groups (broad SMARTS) is 1. The van der Waals surface area contributed by atoms with Gasteiger partial charge in [-0.25, -0.2) is 0 Å². The normalized spacial score (nSPS) is 23.2. The largest absolute Gasteiger partial charge is 0.481 e. The third-order valence-electron chi connectivity index (χ3n) is 3.94. The van der Waals surface area contributed by atoms with Gasteiger partial charge in [0.2, 0.25) is 5.91 Å². The number of carboxylic acids is 1. The summed E-state index contributed by atoms with van der Waals surface area (Å²) in [5.41, 5.74) is 1.17. The van der Waals surface area contributed by atoms with Crippen LogP contribution in [-0.4, -0.2) is 23.0 Å². The van der Waals surface area contributed by atoms with E-state index in [-0.39, 0.29) is 17.9 Å². The van der Waals surface area contributed by atoms with E-state index in [1.807, 2.05) is 37.3 Å². The number of benzene rings is 1. The zero-order valence-electron chi connectivity index (χ0n) is 11.7. The van der Waals surface area contributed by atoms with Crippen LogP contribution in [-0.2, 0) is 16.0 Å². The molecule has 1 saturated carbocycles. The van der Waals surface area contributed by atoms with E-state index in [0.29, 0.717) is 12.8 Å². The Morgan fingerprint density at radius 1 is 1.25 bits per heavy atom. The first-order valence-electron chi connectivity index (χ1n) is 7.15. The molecular formula is C16H21NO3. The van der Waals surface area contributed by atoms with E-state index in [0.717, 1.165) is 12.8 Å². The fourth-order valence-corrected chi connectivity index (χ4v) is 2.94. The van der Waals surface area contributed by atoms with Gasteiger partial charge >= 0.3 is 5.97 Å². The highest BCUT2D eigenvalue weighted by Gasteiger charge is 2.37. The molecule has 0 aliphatic heterocycles. The van der Waals surface area contributed by atoms with E-state index in [9.17, 15) is 9.59 Å². The standard InChI is InChI=1S/C16H21NO3/c1-11(10-12-6-3-2-4-7-12)17-15(18)13-8-5-9-14(13)16(19)20/h2-4,6-7,11,13-14H,5,8-10H2,1H3,(H,17,18)(H,19,20). The molecular weight excluding hydrogens is 254 g/mol. The lowest BCUT2D eigenvalue weighted by atomic mass is 9.95. The Morgan fingerprint density at radius 3 is 2.55 bits per heavy atom. The quantitative estimate of drug-likeness (QED) is 0.866. The van der Waals surface area contributed by atoms with Gasteiger partial charge in [-0.3, -0.25) is 9.59 Å². The van der Waals surface area contributed by atoms with Crippen molar-refractivity contribution in [3.63, 3.8) is 0 Å². The molecule has 2 rings (SSSR count). The molecule has 1 amide bonds. The number of hydrogen-bond acceptors (Lipinski definition) is 2. The third kappa shape index (κ3) is 3.59. The molecule has 0 bridgehead atoms. The van der Waals surface area contributed by atoms with Crippen LogP contribution in [0.1, 0.15) is 31.7 Å². The van der Waals surface area contributed by atoms with Crippen LogP contribution in [0.25, 0.3) is 0 Å². The first-order valence-corrected chi connectivity index (χ1v) is 7.15. The first-order chi connectivity index (χ1) is 9.58. The minimum Gasteiger partial charge on any atom is -0.481 e. The van der Waals surface area contributed by atoms with Gasteiger partial charge in [-0.05, 0) is 31.7 Å². The fraction of sp³-hybridized carbons (Fsp3) is 0.500. The lowest BCUT2D eigenvalue weighted by Gasteiger charge is -2.19. The van der Waals surface area contributed by atoms with Crippen LogP contribution in [0.3, 0.4) is 0 Å². The molecule has 2 N–H and O–H groups in total. The van der Waals surface area contributed by atoms with Crippen molar-refractivity contribution in [3.8, 4) is 0 Å². The van der Waals surface area contributed by atoms with Crippen LogP contribution < -0.4 is 5.32 Å². The summed E-state index contributed by atoms with van der Waals surface area (Å²) in [6.45, 7) is 1.95. The lowest BCUT2D eigenvalue weighted by Crippen LogP contribution is -2.40. The van der Waals surface area contributed by atoms with Crippen LogP contribution in [0.4, 0.5) is 0 Å². The molecule has 0 heterocycles.